The second-order valence-electron chi connectivity index (χ2n) is 5.63. The van der Waals surface area contributed by atoms with Crippen LogP contribution in [0, 0.1) is 0 Å². The van der Waals surface area contributed by atoms with E-state index in [1.54, 1.807) is 11.8 Å². The first-order valence-corrected chi connectivity index (χ1v) is 10.4. The quantitative estimate of drug-likeness (QED) is 0.723. The number of anilines is 1. The molecule has 0 atom stereocenters. The minimum absolute atomic E-state index is 0.0614. The van der Waals surface area contributed by atoms with Crippen LogP contribution in [0.2, 0.25) is 5.02 Å². The van der Waals surface area contributed by atoms with E-state index in [2.05, 4.69) is 9.97 Å². The van der Waals surface area contributed by atoms with Crippen molar-refractivity contribution in [2.75, 3.05) is 49.9 Å². The molecule has 0 unspecified atom stereocenters. The summed E-state index contributed by atoms with van der Waals surface area (Å²) in [5, 5.41) is 0.199. The molecule has 0 N–H and O–H groups in total. The Labute approximate surface area is 153 Å². The highest BCUT2D eigenvalue weighted by molar-refractivity contribution is 7.89. The van der Waals surface area contributed by atoms with Gasteiger partial charge in [0, 0.05) is 39.3 Å². The van der Waals surface area contributed by atoms with E-state index in [0.717, 1.165) is 13.1 Å². The lowest BCUT2D eigenvalue weighted by Gasteiger charge is -2.33. The fraction of sp³-hybridized carbons (Fsp3) is 0.667. The first kappa shape index (κ1) is 19.9. The number of amides is 1. The number of sulfonamides is 1. The van der Waals surface area contributed by atoms with Gasteiger partial charge in [-0.05, 0) is 20.8 Å². The summed E-state index contributed by atoms with van der Waals surface area (Å²) in [4.78, 5) is 24.8. The van der Waals surface area contributed by atoms with Crippen molar-refractivity contribution >= 4 is 33.5 Å². The molecule has 1 amide bonds. The van der Waals surface area contributed by atoms with Crippen LogP contribution in [-0.4, -0.2) is 78.5 Å². The van der Waals surface area contributed by atoms with Crippen LogP contribution < -0.4 is 4.90 Å². The van der Waals surface area contributed by atoms with Crippen molar-refractivity contribution in [2.24, 2.45) is 0 Å². The Kier molecular flexibility index (Phi) is 6.59. The number of hydrogen-bond acceptors (Lipinski definition) is 6. The number of rotatable bonds is 6. The maximum atomic E-state index is 12.8. The molecule has 0 saturated carbocycles. The molecule has 1 aliphatic heterocycles. The van der Waals surface area contributed by atoms with E-state index in [0.29, 0.717) is 19.0 Å². The second kappa shape index (κ2) is 8.29. The Morgan fingerprint density at radius 1 is 1.20 bits per heavy atom. The fourth-order valence-corrected chi connectivity index (χ4v) is 3.92. The van der Waals surface area contributed by atoms with Gasteiger partial charge < -0.3 is 9.80 Å². The molecule has 8 nitrogen and oxygen atoms in total. The zero-order valence-electron chi connectivity index (χ0n) is 14.8. The molecule has 0 aliphatic carbocycles. The molecule has 1 aliphatic rings. The molecule has 1 fully saturated rings. The predicted octanol–water partition coefficient (Wildman–Crippen LogP) is 1.08. The average molecular weight is 390 g/mol. The van der Waals surface area contributed by atoms with Crippen molar-refractivity contribution in [1.29, 1.82) is 0 Å². The molecule has 0 bridgehead atoms. The molecule has 25 heavy (non-hydrogen) atoms. The first-order chi connectivity index (χ1) is 11.8. The maximum absolute atomic E-state index is 12.8. The summed E-state index contributed by atoms with van der Waals surface area (Å²) >= 11 is 6.13. The molecule has 2 heterocycles. The smallest absolute Gasteiger partial charge is 0.274 e. The average Bonchev–Trinajstić information content (AvgIpc) is 2.63. The fourth-order valence-electron chi connectivity index (χ4n) is 2.67. The Bertz CT molecular complexity index is 716. The molecular weight excluding hydrogens is 366 g/mol. The van der Waals surface area contributed by atoms with Gasteiger partial charge in [0.1, 0.15) is 0 Å². The van der Waals surface area contributed by atoms with Crippen molar-refractivity contribution in [2.45, 2.75) is 20.8 Å². The van der Waals surface area contributed by atoms with Crippen LogP contribution in [0.25, 0.3) is 0 Å². The number of carbonyl (C=O) groups is 1. The van der Waals surface area contributed by atoms with Crippen molar-refractivity contribution in [1.82, 2.24) is 19.2 Å². The Morgan fingerprint density at radius 2 is 1.80 bits per heavy atom. The summed E-state index contributed by atoms with van der Waals surface area (Å²) in [6, 6.07) is 0. The van der Waals surface area contributed by atoms with Crippen LogP contribution in [0.15, 0.2) is 6.20 Å². The highest BCUT2D eigenvalue weighted by atomic mass is 35.5. The summed E-state index contributed by atoms with van der Waals surface area (Å²) < 4.78 is 25.2. The van der Waals surface area contributed by atoms with E-state index in [1.807, 2.05) is 18.7 Å². The molecule has 2 rings (SSSR count). The largest absolute Gasteiger partial charge is 0.341 e. The molecule has 1 saturated heterocycles. The van der Waals surface area contributed by atoms with Gasteiger partial charge in [0.05, 0.1) is 17.0 Å². The van der Waals surface area contributed by atoms with Gasteiger partial charge in [0.15, 0.2) is 5.69 Å². The van der Waals surface area contributed by atoms with E-state index >= 15 is 0 Å². The normalized spacial score (nSPS) is 16.1. The van der Waals surface area contributed by atoms with Crippen molar-refractivity contribution in [3.8, 4) is 0 Å². The van der Waals surface area contributed by atoms with E-state index in [1.165, 1.54) is 10.5 Å². The minimum atomic E-state index is -3.23. The van der Waals surface area contributed by atoms with E-state index in [9.17, 15) is 13.2 Å². The van der Waals surface area contributed by atoms with Crippen LogP contribution in [0.3, 0.4) is 0 Å². The highest BCUT2D eigenvalue weighted by Gasteiger charge is 2.29. The number of piperazine rings is 1. The first-order valence-electron chi connectivity index (χ1n) is 8.38. The molecule has 140 valence electrons. The number of aromatic nitrogens is 2. The highest BCUT2D eigenvalue weighted by Crippen LogP contribution is 2.19. The summed E-state index contributed by atoms with van der Waals surface area (Å²) in [5.41, 5.74) is 0.158. The molecule has 0 radical (unpaired) electrons. The van der Waals surface area contributed by atoms with Gasteiger partial charge in [-0.2, -0.15) is 4.31 Å². The van der Waals surface area contributed by atoms with Gasteiger partial charge in [-0.25, -0.2) is 18.4 Å². The van der Waals surface area contributed by atoms with Gasteiger partial charge in [0.2, 0.25) is 16.0 Å². The summed E-state index contributed by atoms with van der Waals surface area (Å²) in [7, 11) is -3.23. The number of hydrogen-bond donors (Lipinski definition) is 0. The van der Waals surface area contributed by atoms with Crippen molar-refractivity contribution in [3.63, 3.8) is 0 Å². The Balaban J connectivity index is 2.15. The molecule has 10 heteroatoms. The predicted molar refractivity (Wildman–Crippen MR) is 97.5 cm³/mol. The third-order valence-electron chi connectivity index (χ3n) is 4.26. The molecule has 0 spiro atoms. The molecule has 1 aromatic heterocycles. The summed E-state index contributed by atoms with van der Waals surface area (Å²) in [5.74, 6) is 0.227. The van der Waals surface area contributed by atoms with E-state index in [-0.39, 0.29) is 35.5 Å². The second-order valence-corrected chi connectivity index (χ2v) is 8.30. The number of nitrogens with zero attached hydrogens (tertiary/aromatic N) is 5. The van der Waals surface area contributed by atoms with Gasteiger partial charge in [-0.1, -0.05) is 11.6 Å². The molecular formula is C15H24ClN5O3S. The minimum Gasteiger partial charge on any atom is -0.341 e. The lowest BCUT2D eigenvalue weighted by molar-refractivity contribution is 0.0692. The van der Waals surface area contributed by atoms with Crippen LogP contribution >= 0.6 is 11.6 Å². The third kappa shape index (κ3) is 4.39. The zero-order chi connectivity index (χ0) is 18.6. The van der Waals surface area contributed by atoms with Gasteiger partial charge in [-0.15, -0.1) is 0 Å². The number of carbonyl (C=O) groups excluding carboxylic acids is 1. The lowest BCUT2D eigenvalue weighted by atomic mass is 10.3. The zero-order valence-corrected chi connectivity index (χ0v) is 16.3. The summed E-state index contributed by atoms with van der Waals surface area (Å²) in [6.07, 6.45) is 1.44. The van der Waals surface area contributed by atoms with Crippen LogP contribution in [0.4, 0.5) is 5.95 Å². The van der Waals surface area contributed by atoms with E-state index < -0.39 is 10.0 Å². The SMILES string of the molecule is CCN(CC)c1ncc(Cl)c(C(=O)N2CCN(S(=O)(=O)CC)CC2)n1. The Hall–Kier alpha value is -1.45. The third-order valence-corrected chi connectivity index (χ3v) is 6.42. The topological polar surface area (TPSA) is 86.7 Å². The van der Waals surface area contributed by atoms with Crippen LogP contribution in [0.1, 0.15) is 31.3 Å². The van der Waals surface area contributed by atoms with Crippen molar-refractivity contribution < 1.29 is 13.2 Å². The van der Waals surface area contributed by atoms with E-state index in [4.69, 9.17) is 11.6 Å². The van der Waals surface area contributed by atoms with Gasteiger partial charge >= 0.3 is 0 Å². The van der Waals surface area contributed by atoms with Crippen LogP contribution in [0.5, 0.6) is 0 Å². The van der Waals surface area contributed by atoms with Gasteiger partial charge in [0.25, 0.3) is 5.91 Å². The maximum Gasteiger partial charge on any atom is 0.274 e. The molecule has 0 aromatic carbocycles. The molecule has 1 aromatic rings. The Morgan fingerprint density at radius 3 is 2.32 bits per heavy atom. The van der Waals surface area contributed by atoms with Gasteiger partial charge in [-0.3, -0.25) is 4.79 Å². The van der Waals surface area contributed by atoms with Crippen molar-refractivity contribution in [3.05, 3.63) is 16.9 Å². The monoisotopic (exact) mass is 389 g/mol. The summed E-state index contributed by atoms with van der Waals surface area (Å²) in [6.45, 7) is 8.23. The number of halogens is 1. The van der Waals surface area contributed by atoms with Crippen LogP contribution in [-0.2, 0) is 10.0 Å². The lowest BCUT2D eigenvalue weighted by Crippen LogP contribution is -2.51. The standard InChI is InChI=1S/C15H24ClN5O3S/c1-4-19(5-2)15-17-11-12(16)13(18-15)14(22)20-7-9-21(10-8-20)25(23,24)6-3/h11H,4-10H2,1-3H3.